The number of aryl methyl sites for hydroxylation is 2. The SMILES string of the molecule is COc1cc(OC)c(OC)cc1/C=C/C(=O)c1c(C)nn(C)c1C. The van der Waals surface area contributed by atoms with Gasteiger partial charge in [0.15, 0.2) is 17.3 Å². The molecule has 0 saturated heterocycles. The first-order valence-corrected chi connectivity index (χ1v) is 7.45. The summed E-state index contributed by atoms with van der Waals surface area (Å²) in [4.78, 5) is 12.5. The number of methoxy groups -OCH3 is 3. The summed E-state index contributed by atoms with van der Waals surface area (Å²) in [5.74, 6) is 1.63. The van der Waals surface area contributed by atoms with E-state index in [1.807, 2.05) is 20.9 Å². The molecule has 0 bridgehead atoms. The number of carbonyl (C=O) groups is 1. The van der Waals surface area contributed by atoms with Gasteiger partial charge in [-0.05, 0) is 32.1 Å². The monoisotopic (exact) mass is 330 g/mol. The van der Waals surface area contributed by atoms with Gasteiger partial charge in [-0.1, -0.05) is 0 Å². The second-order valence-corrected chi connectivity index (χ2v) is 5.32. The molecule has 0 aliphatic carbocycles. The van der Waals surface area contributed by atoms with E-state index in [4.69, 9.17) is 14.2 Å². The van der Waals surface area contributed by atoms with Gasteiger partial charge >= 0.3 is 0 Å². The highest BCUT2D eigenvalue weighted by Gasteiger charge is 2.15. The van der Waals surface area contributed by atoms with Crippen molar-refractivity contribution < 1.29 is 19.0 Å². The number of rotatable bonds is 6. The summed E-state index contributed by atoms with van der Waals surface area (Å²) in [7, 11) is 6.51. The van der Waals surface area contributed by atoms with Crippen molar-refractivity contribution >= 4 is 11.9 Å². The van der Waals surface area contributed by atoms with E-state index in [-0.39, 0.29) is 5.78 Å². The molecule has 6 heteroatoms. The van der Waals surface area contributed by atoms with Gasteiger partial charge in [-0.15, -0.1) is 0 Å². The maximum Gasteiger partial charge on any atom is 0.189 e. The largest absolute Gasteiger partial charge is 0.496 e. The second kappa shape index (κ2) is 7.21. The Hall–Kier alpha value is -2.76. The lowest BCUT2D eigenvalue weighted by atomic mass is 10.1. The number of benzene rings is 1. The van der Waals surface area contributed by atoms with Crippen LogP contribution in [0.4, 0.5) is 0 Å². The van der Waals surface area contributed by atoms with Crippen molar-refractivity contribution in [3.63, 3.8) is 0 Å². The molecule has 0 N–H and O–H groups in total. The van der Waals surface area contributed by atoms with Gasteiger partial charge in [0.2, 0.25) is 0 Å². The van der Waals surface area contributed by atoms with Crippen molar-refractivity contribution in [2.24, 2.45) is 7.05 Å². The van der Waals surface area contributed by atoms with Crippen LogP contribution in [0.5, 0.6) is 17.2 Å². The van der Waals surface area contributed by atoms with Crippen LogP contribution in [0.25, 0.3) is 6.08 Å². The lowest BCUT2D eigenvalue weighted by Gasteiger charge is -2.12. The molecule has 0 amide bonds. The fourth-order valence-corrected chi connectivity index (χ4v) is 2.56. The number of aromatic nitrogens is 2. The summed E-state index contributed by atoms with van der Waals surface area (Å²) in [5, 5.41) is 4.27. The maximum absolute atomic E-state index is 12.5. The lowest BCUT2D eigenvalue weighted by molar-refractivity contribution is 0.104. The van der Waals surface area contributed by atoms with E-state index >= 15 is 0 Å². The minimum Gasteiger partial charge on any atom is -0.496 e. The first-order valence-electron chi connectivity index (χ1n) is 7.45. The molecule has 0 unspecified atom stereocenters. The zero-order chi connectivity index (χ0) is 17.9. The van der Waals surface area contributed by atoms with Crippen LogP contribution in [0.3, 0.4) is 0 Å². The Balaban J connectivity index is 2.39. The van der Waals surface area contributed by atoms with Crippen LogP contribution >= 0.6 is 0 Å². The quantitative estimate of drug-likeness (QED) is 0.602. The molecule has 1 aromatic carbocycles. The van der Waals surface area contributed by atoms with Crippen molar-refractivity contribution in [2.75, 3.05) is 21.3 Å². The van der Waals surface area contributed by atoms with Crippen LogP contribution in [0.15, 0.2) is 18.2 Å². The number of allylic oxidation sites excluding steroid dienone is 1. The third kappa shape index (κ3) is 3.27. The molecular formula is C18H22N2O4. The number of ketones is 1. The summed E-state index contributed by atoms with van der Waals surface area (Å²) < 4.78 is 17.6. The molecule has 0 aliphatic rings. The van der Waals surface area contributed by atoms with E-state index in [0.717, 1.165) is 11.3 Å². The van der Waals surface area contributed by atoms with Crippen molar-refractivity contribution in [1.29, 1.82) is 0 Å². The predicted octanol–water partition coefficient (Wildman–Crippen LogP) is 2.96. The zero-order valence-electron chi connectivity index (χ0n) is 14.8. The van der Waals surface area contributed by atoms with E-state index in [1.54, 1.807) is 44.2 Å². The Morgan fingerprint density at radius 3 is 2.12 bits per heavy atom. The third-order valence-corrected chi connectivity index (χ3v) is 3.91. The van der Waals surface area contributed by atoms with Crippen LogP contribution in [0.2, 0.25) is 0 Å². The fourth-order valence-electron chi connectivity index (χ4n) is 2.56. The number of carbonyl (C=O) groups excluding carboxylic acids is 1. The molecule has 0 radical (unpaired) electrons. The number of hydrogen-bond donors (Lipinski definition) is 0. The van der Waals surface area contributed by atoms with E-state index in [0.29, 0.717) is 28.5 Å². The Morgan fingerprint density at radius 2 is 1.62 bits per heavy atom. The van der Waals surface area contributed by atoms with Crippen LogP contribution < -0.4 is 14.2 Å². The van der Waals surface area contributed by atoms with Crippen molar-refractivity contribution in [3.8, 4) is 17.2 Å². The van der Waals surface area contributed by atoms with Gasteiger partial charge in [0.05, 0.1) is 32.6 Å². The first-order chi connectivity index (χ1) is 11.4. The van der Waals surface area contributed by atoms with Gasteiger partial charge in [0.25, 0.3) is 0 Å². The Bertz CT molecular complexity index is 791. The van der Waals surface area contributed by atoms with E-state index in [9.17, 15) is 4.79 Å². The summed E-state index contributed by atoms with van der Waals surface area (Å²) in [6.45, 7) is 3.70. The molecule has 2 aromatic rings. The van der Waals surface area contributed by atoms with Crippen LogP contribution in [0.1, 0.15) is 27.3 Å². The highest BCUT2D eigenvalue weighted by Crippen LogP contribution is 2.35. The van der Waals surface area contributed by atoms with Gasteiger partial charge in [-0.3, -0.25) is 9.48 Å². The van der Waals surface area contributed by atoms with Crippen molar-refractivity contribution in [2.45, 2.75) is 13.8 Å². The third-order valence-electron chi connectivity index (χ3n) is 3.91. The molecule has 2 rings (SSSR count). The Kier molecular flexibility index (Phi) is 5.28. The Morgan fingerprint density at radius 1 is 1.04 bits per heavy atom. The predicted molar refractivity (Wildman–Crippen MR) is 92.1 cm³/mol. The highest BCUT2D eigenvalue weighted by molar-refractivity contribution is 6.08. The first kappa shape index (κ1) is 17.6. The number of ether oxygens (including phenoxy) is 3. The normalized spacial score (nSPS) is 10.9. The molecule has 0 saturated carbocycles. The van der Waals surface area contributed by atoms with E-state index in [2.05, 4.69) is 5.10 Å². The van der Waals surface area contributed by atoms with Crippen molar-refractivity contribution in [1.82, 2.24) is 9.78 Å². The fraction of sp³-hybridized carbons (Fsp3) is 0.333. The summed E-state index contributed by atoms with van der Waals surface area (Å²) in [5.41, 5.74) is 2.89. The molecule has 0 spiro atoms. The average molecular weight is 330 g/mol. The zero-order valence-corrected chi connectivity index (χ0v) is 14.8. The molecule has 0 atom stereocenters. The lowest BCUT2D eigenvalue weighted by Crippen LogP contribution is -2.00. The molecule has 0 aliphatic heterocycles. The molecule has 128 valence electrons. The van der Waals surface area contributed by atoms with E-state index in [1.165, 1.54) is 6.08 Å². The molecule has 1 heterocycles. The number of hydrogen-bond acceptors (Lipinski definition) is 5. The Labute approximate surface area is 141 Å². The van der Waals surface area contributed by atoms with E-state index < -0.39 is 0 Å². The van der Waals surface area contributed by atoms with Crippen LogP contribution in [0, 0.1) is 13.8 Å². The average Bonchev–Trinajstić information content (AvgIpc) is 2.84. The standard InChI is InChI=1S/C18H22N2O4/c1-11-18(12(2)20(3)19-11)14(21)8-7-13-9-16(23-5)17(24-6)10-15(13)22-4/h7-10H,1-6H3/b8-7+. The minimum absolute atomic E-state index is 0.102. The molecular weight excluding hydrogens is 308 g/mol. The number of nitrogens with zero attached hydrogens (tertiary/aromatic N) is 2. The molecule has 0 fully saturated rings. The van der Waals surface area contributed by atoms with Crippen LogP contribution in [-0.4, -0.2) is 36.9 Å². The van der Waals surface area contributed by atoms with Gasteiger partial charge in [-0.2, -0.15) is 5.10 Å². The van der Waals surface area contributed by atoms with Crippen LogP contribution in [-0.2, 0) is 7.05 Å². The summed E-state index contributed by atoms with van der Waals surface area (Å²) in [6.07, 6.45) is 3.22. The highest BCUT2D eigenvalue weighted by atomic mass is 16.5. The minimum atomic E-state index is -0.102. The second-order valence-electron chi connectivity index (χ2n) is 5.32. The summed E-state index contributed by atoms with van der Waals surface area (Å²) >= 11 is 0. The maximum atomic E-state index is 12.5. The molecule has 24 heavy (non-hydrogen) atoms. The van der Waals surface area contributed by atoms with Gasteiger partial charge < -0.3 is 14.2 Å². The molecule has 1 aromatic heterocycles. The van der Waals surface area contributed by atoms with Gasteiger partial charge in [-0.25, -0.2) is 0 Å². The molecule has 6 nitrogen and oxygen atoms in total. The van der Waals surface area contributed by atoms with Gasteiger partial charge in [0.1, 0.15) is 5.75 Å². The van der Waals surface area contributed by atoms with Gasteiger partial charge in [0, 0.05) is 24.4 Å². The smallest absolute Gasteiger partial charge is 0.189 e. The van der Waals surface area contributed by atoms with Crippen molar-refractivity contribution in [3.05, 3.63) is 40.7 Å². The summed E-state index contributed by atoms with van der Waals surface area (Å²) in [6, 6.07) is 3.49. The topological polar surface area (TPSA) is 62.6 Å².